The molecule has 0 bridgehead atoms. The van der Waals surface area contributed by atoms with Crippen molar-refractivity contribution in [2.45, 2.75) is 26.7 Å². The molecule has 2 aromatic carbocycles. The van der Waals surface area contributed by atoms with Crippen LogP contribution in [-0.4, -0.2) is 12.5 Å². The van der Waals surface area contributed by atoms with E-state index in [-0.39, 0.29) is 5.91 Å². The van der Waals surface area contributed by atoms with E-state index in [0.717, 1.165) is 17.7 Å². The number of benzene rings is 2. The Morgan fingerprint density at radius 2 is 1.76 bits per heavy atom. The van der Waals surface area contributed by atoms with Crippen LogP contribution in [0.3, 0.4) is 0 Å². The van der Waals surface area contributed by atoms with Crippen molar-refractivity contribution in [1.29, 1.82) is 0 Å². The lowest BCUT2D eigenvalue weighted by atomic mass is 10.1. The zero-order valence-electron chi connectivity index (χ0n) is 14.7. The Morgan fingerprint density at radius 3 is 2.44 bits per heavy atom. The molecule has 3 rings (SSSR count). The first-order chi connectivity index (χ1) is 12.1. The molecule has 0 saturated heterocycles. The van der Waals surface area contributed by atoms with Crippen molar-refractivity contribution in [3.8, 4) is 0 Å². The van der Waals surface area contributed by atoms with Crippen molar-refractivity contribution in [2.24, 2.45) is 0 Å². The summed E-state index contributed by atoms with van der Waals surface area (Å²) in [5.41, 5.74) is 5.78. The van der Waals surface area contributed by atoms with Crippen molar-refractivity contribution < 1.29 is 4.79 Å². The fourth-order valence-electron chi connectivity index (χ4n) is 2.83. The van der Waals surface area contributed by atoms with Gasteiger partial charge in [-0.1, -0.05) is 36.4 Å². The molecule has 3 aromatic rings. The highest BCUT2D eigenvalue weighted by Crippen LogP contribution is 2.21. The maximum absolute atomic E-state index is 13.0. The third kappa shape index (κ3) is 4.58. The molecule has 128 valence electrons. The second-order valence-corrected chi connectivity index (χ2v) is 7.14. The summed E-state index contributed by atoms with van der Waals surface area (Å²) in [4.78, 5) is 14.9. The third-order valence-corrected chi connectivity index (χ3v) is 5.24. The van der Waals surface area contributed by atoms with Gasteiger partial charge in [-0.15, -0.1) is 0 Å². The molecule has 0 unspecified atom stereocenters. The first-order valence-corrected chi connectivity index (χ1v) is 9.50. The van der Waals surface area contributed by atoms with Crippen LogP contribution >= 0.6 is 11.3 Å². The van der Waals surface area contributed by atoms with Gasteiger partial charge in [-0.05, 0) is 71.5 Å². The Bertz CT molecular complexity index is 824. The number of anilines is 1. The van der Waals surface area contributed by atoms with Crippen molar-refractivity contribution in [3.63, 3.8) is 0 Å². The standard InChI is InChI=1S/C22H23NOS/c1-17-8-9-21(14-18(17)2)23(12-10-20-11-13-25-16-20)22(24)15-19-6-4-3-5-7-19/h3-9,11,13-14,16H,10,12,15H2,1-2H3. The van der Waals surface area contributed by atoms with E-state index >= 15 is 0 Å². The lowest BCUT2D eigenvalue weighted by molar-refractivity contribution is -0.118. The molecule has 0 atom stereocenters. The lowest BCUT2D eigenvalue weighted by Gasteiger charge is -2.24. The molecule has 0 aliphatic carbocycles. The van der Waals surface area contributed by atoms with Gasteiger partial charge in [-0.2, -0.15) is 11.3 Å². The van der Waals surface area contributed by atoms with Gasteiger partial charge in [0.1, 0.15) is 0 Å². The van der Waals surface area contributed by atoms with Crippen LogP contribution in [0.25, 0.3) is 0 Å². The van der Waals surface area contributed by atoms with E-state index < -0.39 is 0 Å². The van der Waals surface area contributed by atoms with Gasteiger partial charge in [-0.25, -0.2) is 0 Å². The van der Waals surface area contributed by atoms with Crippen LogP contribution in [0, 0.1) is 13.8 Å². The first-order valence-electron chi connectivity index (χ1n) is 8.56. The van der Waals surface area contributed by atoms with Crippen LogP contribution in [0.15, 0.2) is 65.4 Å². The number of hydrogen-bond acceptors (Lipinski definition) is 2. The van der Waals surface area contributed by atoms with Crippen molar-refractivity contribution >= 4 is 22.9 Å². The average Bonchev–Trinajstić information content (AvgIpc) is 3.12. The monoisotopic (exact) mass is 349 g/mol. The number of aryl methyl sites for hydroxylation is 2. The van der Waals surface area contributed by atoms with Crippen LogP contribution in [0.5, 0.6) is 0 Å². The number of thiophene rings is 1. The minimum Gasteiger partial charge on any atom is -0.312 e. The quantitative estimate of drug-likeness (QED) is 0.600. The van der Waals surface area contributed by atoms with Gasteiger partial charge in [-0.3, -0.25) is 4.79 Å². The Labute approximate surface area is 153 Å². The average molecular weight is 349 g/mol. The minimum absolute atomic E-state index is 0.143. The van der Waals surface area contributed by atoms with Gasteiger partial charge in [0.15, 0.2) is 0 Å². The van der Waals surface area contributed by atoms with E-state index in [1.807, 2.05) is 35.2 Å². The maximum Gasteiger partial charge on any atom is 0.231 e. The Balaban J connectivity index is 1.82. The minimum atomic E-state index is 0.143. The molecule has 0 fully saturated rings. The van der Waals surface area contributed by atoms with Crippen molar-refractivity contribution in [3.05, 3.63) is 87.6 Å². The second kappa shape index (κ2) is 8.13. The largest absolute Gasteiger partial charge is 0.312 e. The fourth-order valence-corrected chi connectivity index (χ4v) is 3.54. The summed E-state index contributed by atoms with van der Waals surface area (Å²) in [6, 6.07) is 18.4. The molecule has 0 aliphatic heterocycles. The van der Waals surface area contributed by atoms with Crippen LogP contribution < -0.4 is 4.90 Å². The van der Waals surface area contributed by atoms with Crippen molar-refractivity contribution in [1.82, 2.24) is 0 Å². The van der Waals surface area contributed by atoms with Gasteiger partial charge in [0, 0.05) is 12.2 Å². The normalized spacial score (nSPS) is 10.6. The van der Waals surface area contributed by atoms with Gasteiger partial charge < -0.3 is 4.90 Å². The van der Waals surface area contributed by atoms with E-state index in [0.29, 0.717) is 13.0 Å². The summed E-state index contributed by atoms with van der Waals surface area (Å²) in [6.07, 6.45) is 1.30. The predicted molar refractivity (Wildman–Crippen MR) is 106 cm³/mol. The third-order valence-electron chi connectivity index (χ3n) is 4.51. The lowest BCUT2D eigenvalue weighted by Crippen LogP contribution is -2.34. The van der Waals surface area contributed by atoms with E-state index in [4.69, 9.17) is 0 Å². The number of hydrogen-bond donors (Lipinski definition) is 0. The second-order valence-electron chi connectivity index (χ2n) is 6.36. The molecule has 1 heterocycles. The fraction of sp³-hybridized carbons (Fsp3) is 0.227. The molecule has 0 aliphatic rings. The van der Waals surface area contributed by atoms with Gasteiger partial charge in [0.25, 0.3) is 0 Å². The number of amides is 1. The summed E-state index contributed by atoms with van der Waals surface area (Å²) >= 11 is 1.70. The summed E-state index contributed by atoms with van der Waals surface area (Å²) in [6.45, 7) is 4.89. The zero-order chi connectivity index (χ0) is 17.6. The number of carbonyl (C=O) groups is 1. The highest BCUT2D eigenvalue weighted by atomic mass is 32.1. The number of carbonyl (C=O) groups excluding carboxylic acids is 1. The van der Waals surface area contributed by atoms with Gasteiger partial charge in [0.05, 0.1) is 6.42 Å². The number of nitrogens with zero attached hydrogens (tertiary/aromatic N) is 1. The van der Waals surface area contributed by atoms with Crippen LogP contribution in [0.1, 0.15) is 22.3 Å². The predicted octanol–water partition coefficient (Wildman–Crippen LogP) is 5.18. The molecule has 1 aromatic heterocycles. The molecule has 0 radical (unpaired) electrons. The van der Waals surface area contributed by atoms with E-state index in [2.05, 4.69) is 48.9 Å². The Hall–Kier alpha value is -2.39. The summed E-state index contributed by atoms with van der Waals surface area (Å²) in [5.74, 6) is 0.143. The molecule has 25 heavy (non-hydrogen) atoms. The summed E-state index contributed by atoms with van der Waals surface area (Å²) < 4.78 is 0. The Morgan fingerprint density at radius 1 is 0.960 bits per heavy atom. The SMILES string of the molecule is Cc1ccc(N(CCc2ccsc2)C(=O)Cc2ccccc2)cc1C. The molecule has 0 N–H and O–H groups in total. The maximum atomic E-state index is 13.0. The zero-order valence-corrected chi connectivity index (χ0v) is 15.6. The summed E-state index contributed by atoms with van der Waals surface area (Å²) in [5, 5.41) is 4.24. The van der Waals surface area contributed by atoms with E-state index in [9.17, 15) is 4.79 Å². The molecule has 0 saturated carbocycles. The van der Waals surface area contributed by atoms with Crippen LogP contribution in [0.2, 0.25) is 0 Å². The first kappa shape index (κ1) is 17.4. The van der Waals surface area contributed by atoms with Crippen LogP contribution in [0.4, 0.5) is 5.69 Å². The topological polar surface area (TPSA) is 20.3 Å². The molecular weight excluding hydrogens is 326 g/mol. The van der Waals surface area contributed by atoms with Gasteiger partial charge >= 0.3 is 0 Å². The molecule has 3 heteroatoms. The molecule has 0 spiro atoms. The van der Waals surface area contributed by atoms with Crippen molar-refractivity contribution in [2.75, 3.05) is 11.4 Å². The molecule has 1 amide bonds. The number of rotatable bonds is 6. The van der Waals surface area contributed by atoms with E-state index in [1.54, 1.807) is 11.3 Å². The van der Waals surface area contributed by atoms with E-state index in [1.165, 1.54) is 16.7 Å². The summed E-state index contributed by atoms with van der Waals surface area (Å²) in [7, 11) is 0. The Kier molecular flexibility index (Phi) is 5.67. The highest BCUT2D eigenvalue weighted by Gasteiger charge is 2.17. The molecular formula is C22H23NOS. The van der Waals surface area contributed by atoms with Crippen LogP contribution in [-0.2, 0) is 17.6 Å². The van der Waals surface area contributed by atoms with Gasteiger partial charge in [0.2, 0.25) is 5.91 Å². The molecule has 2 nitrogen and oxygen atoms in total. The highest BCUT2D eigenvalue weighted by molar-refractivity contribution is 7.07. The smallest absolute Gasteiger partial charge is 0.231 e.